The molecule has 0 amide bonds. The lowest BCUT2D eigenvalue weighted by Gasteiger charge is -1.98. The number of H-pyrrole nitrogens is 2. The van der Waals surface area contributed by atoms with Gasteiger partial charge in [0.15, 0.2) is 12.6 Å². The predicted octanol–water partition coefficient (Wildman–Crippen LogP) is 3.76. The highest BCUT2D eigenvalue weighted by molar-refractivity contribution is 6.10. The van der Waals surface area contributed by atoms with Crippen LogP contribution in [0.1, 0.15) is 20.7 Å². The molecule has 0 saturated carbocycles. The van der Waals surface area contributed by atoms with E-state index in [9.17, 15) is 29.8 Å². The summed E-state index contributed by atoms with van der Waals surface area (Å²) in [5.74, 6) is 0. The first kappa shape index (κ1) is 17.1. The molecule has 0 aliphatic carbocycles. The Bertz CT molecular complexity index is 1210. The van der Waals surface area contributed by atoms with Gasteiger partial charge in [0.25, 0.3) is 11.4 Å². The second-order valence-electron chi connectivity index (χ2n) is 6.04. The van der Waals surface area contributed by atoms with Crippen molar-refractivity contribution in [3.8, 4) is 11.4 Å². The van der Waals surface area contributed by atoms with Crippen molar-refractivity contribution in [1.82, 2.24) is 9.97 Å². The fraction of sp³-hybridized carbons (Fsp3) is 0. The van der Waals surface area contributed by atoms with Gasteiger partial charge in [0, 0.05) is 57.2 Å². The van der Waals surface area contributed by atoms with Gasteiger partial charge in [-0.15, -0.1) is 0 Å². The van der Waals surface area contributed by atoms with Crippen molar-refractivity contribution in [2.45, 2.75) is 0 Å². The Kier molecular flexibility index (Phi) is 3.74. The molecule has 0 fully saturated rings. The summed E-state index contributed by atoms with van der Waals surface area (Å²) >= 11 is 0. The third-order valence-electron chi connectivity index (χ3n) is 4.55. The first-order valence-corrected chi connectivity index (χ1v) is 7.95. The number of nitro groups is 2. The van der Waals surface area contributed by atoms with Crippen LogP contribution in [0.15, 0.2) is 36.4 Å². The number of aromatic nitrogens is 2. The van der Waals surface area contributed by atoms with Crippen molar-refractivity contribution < 1.29 is 19.4 Å². The summed E-state index contributed by atoms with van der Waals surface area (Å²) in [5.41, 5.74) is 1.42. The molecular formula is C18H10N4O6. The molecule has 2 aromatic heterocycles. The Morgan fingerprint density at radius 3 is 1.43 bits per heavy atom. The number of carbonyl (C=O) groups excluding carboxylic acids is 2. The molecule has 10 nitrogen and oxygen atoms in total. The van der Waals surface area contributed by atoms with Crippen molar-refractivity contribution in [3.05, 3.63) is 67.8 Å². The SMILES string of the molecule is O=Cc1c(-c2[nH]c3ccc([N+](=O)[O-])cc3c2C=O)[nH]c2ccc([N+](=O)[O-])cc12. The Balaban J connectivity index is 2.03. The van der Waals surface area contributed by atoms with Gasteiger partial charge in [-0.2, -0.15) is 0 Å². The third-order valence-corrected chi connectivity index (χ3v) is 4.55. The van der Waals surface area contributed by atoms with E-state index < -0.39 is 9.85 Å². The average molecular weight is 378 g/mol. The molecule has 0 spiro atoms. The van der Waals surface area contributed by atoms with Crippen LogP contribution in [0.3, 0.4) is 0 Å². The number of rotatable bonds is 5. The smallest absolute Gasteiger partial charge is 0.270 e. The van der Waals surface area contributed by atoms with Crippen LogP contribution in [0, 0.1) is 20.2 Å². The van der Waals surface area contributed by atoms with Gasteiger partial charge in [0.1, 0.15) is 0 Å². The van der Waals surface area contributed by atoms with Crippen molar-refractivity contribution in [1.29, 1.82) is 0 Å². The maximum absolute atomic E-state index is 11.7. The van der Waals surface area contributed by atoms with Gasteiger partial charge in [-0.1, -0.05) is 0 Å². The van der Waals surface area contributed by atoms with Gasteiger partial charge in [0.05, 0.1) is 21.2 Å². The van der Waals surface area contributed by atoms with Gasteiger partial charge < -0.3 is 9.97 Å². The van der Waals surface area contributed by atoms with Crippen LogP contribution in [0.25, 0.3) is 33.2 Å². The first-order chi connectivity index (χ1) is 13.4. The molecule has 4 aromatic rings. The minimum Gasteiger partial charge on any atom is -0.353 e. The molecule has 28 heavy (non-hydrogen) atoms. The number of hydrogen-bond donors (Lipinski definition) is 2. The van der Waals surface area contributed by atoms with E-state index >= 15 is 0 Å². The van der Waals surface area contributed by atoms with Crippen LogP contribution in [0.5, 0.6) is 0 Å². The summed E-state index contributed by atoms with van der Waals surface area (Å²) < 4.78 is 0. The number of non-ortho nitro benzene ring substituents is 2. The monoisotopic (exact) mass is 378 g/mol. The number of carbonyl (C=O) groups is 2. The fourth-order valence-electron chi connectivity index (χ4n) is 3.27. The van der Waals surface area contributed by atoms with Crippen molar-refractivity contribution in [2.24, 2.45) is 0 Å². The van der Waals surface area contributed by atoms with E-state index in [4.69, 9.17) is 0 Å². The molecule has 0 unspecified atom stereocenters. The molecule has 10 heteroatoms. The van der Waals surface area contributed by atoms with E-state index in [1.807, 2.05) is 0 Å². The molecule has 0 saturated heterocycles. The molecule has 2 heterocycles. The summed E-state index contributed by atoms with van der Waals surface area (Å²) in [7, 11) is 0. The van der Waals surface area contributed by atoms with Crippen molar-refractivity contribution in [3.63, 3.8) is 0 Å². The largest absolute Gasteiger partial charge is 0.353 e. The molecule has 0 radical (unpaired) electrons. The Morgan fingerprint density at radius 1 is 0.714 bits per heavy atom. The summed E-state index contributed by atoms with van der Waals surface area (Å²) in [5, 5.41) is 22.7. The third kappa shape index (κ3) is 2.43. The summed E-state index contributed by atoms with van der Waals surface area (Å²) in [4.78, 5) is 50.4. The number of benzene rings is 2. The molecular weight excluding hydrogens is 368 g/mol. The van der Waals surface area contributed by atoms with Gasteiger partial charge in [-0.25, -0.2) is 0 Å². The van der Waals surface area contributed by atoms with Crippen LogP contribution in [0.4, 0.5) is 11.4 Å². The highest BCUT2D eigenvalue weighted by Gasteiger charge is 2.22. The highest BCUT2D eigenvalue weighted by Crippen LogP contribution is 2.36. The molecule has 4 rings (SSSR count). The van der Waals surface area contributed by atoms with Crippen LogP contribution in [0.2, 0.25) is 0 Å². The van der Waals surface area contributed by atoms with Gasteiger partial charge >= 0.3 is 0 Å². The van der Waals surface area contributed by atoms with Crippen LogP contribution in [-0.4, -0.2) is 32.4 Å². The van der Waals surface area contributed by atoms with Crippen LogP contribution < -0.4 is 0 Å². The van der Waals surface area contributed by atoms with E-state index in [1.54, 1.807) is 0 Å². The van der Waals surface area contributed by atoms with Gasteiger partial charge in [-0.3, -0.25) is 29.8 Å². The number of aromatic amines is 2. The molecule has 138 valence electrons. The van der Waals surface area contributed by atoms with Crippen molar-refractivity contribution in [2.75, 3.05) is 0 Å². The van der Waals surface area contributed by atoms with Gasteiger partial charge in [-0.05, 0) is 12.1 Å². The second kappa shape index (κ2) is 6.13. The lowest BCUT2D eigenvalue weighted by atomic mass is 10.1. The second-order valence-corrected chi connectivity index (χ2v) is 6.04. The standard InChI is InChI=1S/C18H10N4O6/c23-7-13-11-5-9(21(25)26)1-3-15(11)19-17(13)18-14(8-24)12-6-10(22(27)28)2-4-16(12)20-18/h1-8,19-20H. The average Bonchev–Trinajstić information content (AvgIpc) is 3.23. The highest BCUT2D eigenvalue weighted by atomic mass is 16.6. The zero-order valence-electron chi connectivity index (χ0n) is 14.0. The van der Waals surface area contributed by atoms with Gasteiger partial charge in [0.2, 0.25) is 0 Å². The van der Waals surface area contributed by atoms with E-state index in [0.717, 1.165) is 0 Å². The Morgan fingerprint density at radius 2 is 1.11 bits per heavy atom. The minimum absolute atomic E-state index is 0.142. The van der Waals surface area contributed by atoms with Crippen molar-refractivity contribution >= 4 is 45.8 Å². The number of hydrogen-bond acceptors (Lipinski definition) is 6. The molecule has 2 aromatic carbocycles. The quantitative estimate of drug-likeness (QED) is 0.306. The molecule has 0 atom stereocenters. The number of nitrogens with one attached hydrogen (secondary N) is 2. The zero-order chi connectivity index (χ0) is 20.0. The Labute approximate surface area is 155 Å². The normalized spacial score (nSPS) is 11.0. The topological polar surface area (TPSA) is 152 Å². The summed E-state index contributed by atoms with van der Waals surface area (Å²) in [6.45, 7) is 0. The lowest BCUT2D eigenvalue weighted by Crippen LogP contribution is -1.90. The van der Waals surface area contributed by atoms with E-state index in [0.29, 0.717) is 34.4 Å². The summed E-state index contributed by atoms with van der Waals surface area (Å²) in [6, 6.07) is 8.08. The van der Waals surface area contributed by atoms with E-state index in [-0.39, 0.29) is 33.9 Å². The fourth-order valence-corrected chi connectivity index (χ4v) is 3.27. The van der Waals surface area contributed by atoms with E-state index in [2.05, 4.69) is 9.97 Å². The first-order valence-electron chi connectivity index (χ1n) is 7.95. The maximum atomic E-state index is 11.7. The van der Waals surface area contributed by atoms with E-state index in [1.165, 1.54) is 36.4 Å². The van der Waals surface area contributed by atoms with Crippen LogP contribution in [-0.2, 0) is 0 Å². The molecule has 2 N–H and O–H groups in total. The Hall–Kier alpha value is -4.34. The lowest BCUT2D eigenvalue weighted by molar-refractivity contribution is -0.384. The molecule has 0 bridgehead atoms. The molecule has 0 aliphatic rings. The minimum atomic E-state index is -0.570. The summed E-state index contributed by atoms with van der Waals surface area (Å²) in [6.07, 6.45) is 1.08. The number of nitrogens with zero attached hydrogens (tertiary/aromatic N) is 2. The zero-order valence-corrected chi connectivity index (χ0v) is 14.0. The maximum Gasteiger partial charge on any atom is 0.270 e. The predicted molar refractivity (Wildman–Crippen MR) is 99.7 cm³/mol. The number of aldehydes is 2. The number of fused-ring (bicyclic) bond motifs is 2. The van der Waals surface area contributed by atoms with Crippen LogP contribution >= 0.6 is 0 Å². The number of nitro benzene ring substituents is 2. The molecule has 0 aliphatic heterocycles.